The van der Waals surface area contributed by atoms with Crippen LogP contribution in [0.4, 0.5) is 5.69 Å². The molecule has 0 bridgehead atoms. The number of benzene rings is 1. The van der Waals surface area contributed by atoms with Gasteiger partial charge in [0.25, 0.3) is 11.4 Å². The Hall–Kier alpha value is -4.67. The summed E-state index contributed by atoms with van der Waals surface area (Å²) in [4.78, 5) is 48.7. The third-order valence-corrected chi connectivity index (χ3v) is 7.04. The van der Waals surface area contributed by atoms with Crippen molar-refractivity contribution in [1.29, 1.82) is 0 Å². The number of hydrogen-bond donors (Lipinski definition) is 2. The van der Waals surface area contributed by atoms with Gasteiger partial charge in [0.15, 0.2) is 0 Å². The number of carbonyl (C=O) groups excluding carboxylic acids is 2. The molecule has 11 heteroatoms. The second kappa shape index (κ2) is 11.8. The van der Waals surface area contributed by atoms with E-state index in [4.69, 9.17) is 10.2 Å². The molecule has 0 aliphatic carbocycles. The predicted molar refractivity (Wildman–Crippen MR) is 154 cm³/mol. The van der Waals surface area contributed by atoms with Gasteiger partial charge in [-0.1, -0.05) is 57.2 Å². The van der Waals surface area contributed by atoms with Crippen molar-refractivity contribution in [1.82, 2.24) is 30.0 Å². The molecule has 0 aliphatic rings. The molecular formula is C30H35N7O4. The Morgan fingerprint density at radius 1 is 1.10 bits per heavy atom. The van der Waals surface area contributed by atoms with Crippen LogP contribution in [0, 0.1) is 12.8 Å². The normalized spacial score (nSPS) is 12.4. The maximum absolute atomic E-state index is 13.5. The SMILES string of the molecule is CCc1ccc(C(C)(C)c2nnc(C(=O)C(NC(=O)Cn3c(-c4ccccc4)nc(C)c(N)c3=O)C(C)C)o2)nc1. The number of hydrogen-bond acceptors (Lipinski definition) is 9. The van der Waals surface area contributed by atoms with Crippen molar-refractivity contribution < 1.29 is 14.0 Å². The number of rotatable bonds is 10. The first-order chi connectivity index (χ1) is 19.4. The highest BCUT2D eigenvalue weighted by atomic mass is 16.4. The van der Waals surface area contributed by atoms with Gasteiger partial charge < -0.3 is 15.5 Å². The quantitative estimate of drug-likeness (QED) is 0.278. The van der Waals surface area contributed by atoms with Crippen LogP contribution in [0.2, 0.25) is 0 Å². The Morgan fingerprint density at radius 2 is 1.80 bits per heavy atom. The summed E-state index contributed by atoms with van der Waals surface area (Å²) >= 11 is 0. The molecule has 3 aromatic heterocycles. The van der Waals surface area contributed by atoms with E-state index in [1.54, 1.807) is 51.2 Å². The van der Waals surface area contributed by atoms with E-state index in [-0.39, 0.29) is 23.4 Å². The number of pyridine rings is 1. The minimum absolute atomic E-state index is 0.0474. The third-order valence-electron chi connectivity index (χ3n) is 7.04. The van der Waals surface area contributed by atoms with E-state index in [0.717, 1.165) is 17.7 Å². The van der Waals surface area contributed by atoms with Crippen LogP contribution in [-0.4, -0.2) is 42.5 Å². The number of nitrogens with two attached hydrogens (primary N) is 1. The van der Waals surface area contributed by atoms with E-state index in [9.17, 15) is 14.4 Å². The molecule has 11 nitrogen and oxygen atoms in total. The van der Waals surface area contributed by atoms with Crippen LogP contribution in [0.1, 0.15) is 68.1 Å². The Morgan fingerprint density at radius 3 is 2.41 bits per heavy atom. The molecule has 214 valence electrons. The molecule has 1 atom stereocenters. The van der Waals surface area contributed by atoms with E-state index >= 15 is 0 Å². The van der Waals surface area contributed by atoms with Gasteiger partial charge >= 0.3 is 0 Å². The third kappa shape index (κ3) is 6.08. The number of aromatic nitrogens is 5. The fourth-order valence-corrected chi connectivity index (χ4v) is 4.35. The van der Waals surface area contributed by atoms with Gasteiger partial charge in [-0.25, -0.2) is 4.98 Å². The molecule has 0 aliphatic heterocycles. The minimum Gasteiger partial charge on any atom is -0.417 e. The molecule has 1 aromatic carbocycles. The first kappa shape index (κ1) is 29.3. The number of Topliss-reactive ketones (excluding diaryl/α,β-unsaturated/α-hetero) is 1. The highest BCUT2D eigenvalue weighted by molar-refractivity contribution is 5.98. The van der Waals surface area contributed by atoms with Gasteiger partial charge in [-0.15, -0.1) is 10.2 Å². The van der Waals surface area contributed by atoms with Crippen LogP contribution in [0.3, 0.4) is 0 Å². The largest absolute Gasteiger partial charge is 0.417 e. The Labute approximate surface area is 238 Å². The summed E-state index contributed by atoms with van der Waals surface area (Å²) in [6.45, 7) is 10.6. The zero-order chi connectivity index (χ0) is 29.9. The van der Waals surface area contributed by atoms with Crippen LogP contribution in [0.5, 0.6) is 0 Å². The van der Waals surface area contributed by atoms with Gasteiger partial charge in [0.1, 0.15) is 18.1 Å². The summed E-state index contributed by atoms with van der Waals surface area (Å²) in [5, 5.41) is 10.9. The number of anilines is 1. The van der Waals surface area contributed by atoms with E-state index in [1.807, 2.05) is 32.0 Å². The van der Waals surface area contributed by atoms with Crippen molar-refractivity contribution in [3.63, 3.8) is 0 Å². The van der Waals surface area contributed by atoms with Crippen molar-refractivity contribution >= 4 is 17.4 Å². The Bertz CT molecular complexity index is 1610. The highest BCUT2D eigenvalue weighted by Gasteiger charge is 2.35. The molecule has 4 rings (SSSR count). The lowest BCUT2D eigenvalue weighted by Crippen LogP contribution is -2.46. The van der Waals surface area contributed by atoms with E-state index in [0.29, 0.717) is 17.1 Å². The summed E-state index contributed by atoms with van der Waals surface area (Å²) < 4.78 is 7.04. The van der Waals surface area contributed by atoms with Crippen molar-refractivity contribution in [2.75, 3.05) is 5.73 Å². The first-order valence-electron chi connectivity index (χ1n) is 13.5. The first-order valence-corrected chi connectivity index (χ1v) is 13.5. The smallest absolute Gasteiger partial charge is 0.286 e. The number of nitrogens with one attached hydrogen (secondary N) is 1. The summed E-state index contributed by atoms with van der Waals surface area (Å²) in [7, 11) is 0. The van der Waals surface area contributed by atoms with Gasteiger partial charge in [0, 0.05) is 11.8 Å². The van der Waals surface area contributed by atoms with Crippen LogP contribution in [0.25, 0.3) is 11.4 Å². The molecule has 1 amide bonds. The van der Waals surface area contributed by atoms with Crippen molar-refractivity contribution in [2.45, 2.75) is 66.0 Å². The van der Waals surface area contributed by atoms with E-state index in [2.05, 4.69) is 32.4 Å². The van der Waals surface area contributed by atoms with E-state index < -0.39 is 35.3 Å². The lowest BCUT2D eigenvalue weighted by Gasteiger charge is -2.21. The lowest BCUT2D eigenvalue weighted by atomic mass is 9.88. The lowest BCUT2D eigenvalue weighted by molar-refractivity contribution is -0.122. The molecule has 4 aromatic rings. The fraction of sp³-hybridized carbons (Fsp3) is 0.367. The maximum atomic E-state index is 13.5. The van der Waals surface area contributed by atoms with Gasteiger partial charge in [-0.2, -0.15) is 0 Å². The predicted octanol–water partition coefficient (Wildman–Crippen LogP) is 3.49. The molecule has 0 radical (unpaired) electrons. The van der Waals surface area contributed by atoms with Gasteiger partial charge in [0.2, 0.25) is 17.6 Å². The van der Waals surface area contributed by atoms with Crippen molar-refractivity contribution in [2.24, 2.45) is 5.92 Å². The monoisotopic (exact) mass is 557 g/mol. The zero-order valence-electron chi connectivity index (χ0n) is 24.1. The second-order valence-corrected chi connectivity index (χ2v) is 10.8. The Balaban J connectivity index is 1.57. The number of ketones is 1. The van der Waals surface area contributed by atoms with E-state index in [1.165, 1.54) is 4.57 Å². The van der Waals surface area contributed by atoms with Crippen LogP contribution < -0.4 is 16.6 Å². The van der Waals surface area contributed by atoms with Gasteiger partial charge in [-0.3, -0.25) is 23.9 Å². The number of aryl methyl sites for hydroxylation is 2. The number of carbonyl (C=O) groups is 2. The van der Waals surface area contributed by atoms with Crippen LogP contribution in [-0.2, 0) is 23.2 Å². The van der Waals surface area contributed by atoms with Crippen LogP contribution in [0.15, 0.2) is 57.9 Å². The average molecular weight is 558 g/mol. The molecule has 41 heavy (non-hydrogen) atoms. The molecule has 0 fully saturated rings. The highest BCUT2D eigenvalue weighted by Crippen LogP contribution is 2.29. The number of nitrogen functional groups attached to an aromatic ring is 1. The summed E-state index contributed by atoms with van der Waals surface area (Å²) in [5.41, 5.74) is 7.46. The van der Waals surface area contributed by atoms with Crippen molar-refractivity contribution in [3.8, 4) is 11.4 Å². The molecule has 0 saturated heterocycles. The molecule has 3 N–H and O–H groups in total. The molecule has 0 saturated carbocycles. The molecule has 3 heterocycles. The molecule has 0 spiro atoms. The summed E-state index contributed by atoms with van der Waals surface area (Å²) in [5.74, 6) is -1.11. The number of amides is 1. The van der Waals surface area contributed by atoms with Gasteiger partial charge in [0.05, 0.1) is 22.8 Å². The minimum atomic E-state index is -0.979. The fourth-order valence-electron chi connectivity index (χ4n) is 4.35. The zero-order valence-corrected chi connectivity index (χ0v) is 24.1. The van der Waals surface area contributed by atoms with Gasteiger partial charge in [-0.05, 0) is 44.7 Å². The van der Waals surface area contributed by atoms with Crippen LogP contribution >= 0.6 is 0 Å². The molecule has 1 unspecified atom stereocenters. The molecular weight excluding hydrogens is 522 g/mol. The maximum Gasteiger partial charge on any atom is 0.286 e. The summed E-state index contributed by atoms with van der Waals surface area (Å²) in [6.07, 6.45) is 2.67. The average Bonchev–Trinajstić information content (AvgIpc) is 3.47. The summed E-state index contributed by atoms with van der Waals surface area (Å²) in [6, 6.07) is 11.9. The second-order valence-electron chi connectivity index (χ2n) is 10.8. The van der Waals surface area contributed by atoms with Crippen molar-refractivity contribution in [3.05, 3.63) is 87.7 Å². The Kier molecular flexibility index (Phi) is 8.46. The number of nitrogens with zero attached hydrogens (tertiary/aromatic N) is 5. The topological polar surface area (TPSA) is 159 Å². The standard InChI is InChI=1S/C30H35N7O4/c1-7-19-13-14-21(32-15-19)30(5,6)29-36-35-27(41-29)25(39)24(17(2)3)34-22(38)16-37-26(20-11-9-8-10-12-20)33-18(4)23(31)28(37)40/h8-15,17,24H,7,16,31H2,1-6H3,(H,34,38).